The van der Waals surface area contributed by atoms with Crippen molar-refractivity contribution in [2.45, 2.75) is 13.8 Å². The number of hydrogen-bond acceptors (Lipinski definition) is 4. The largest absolute Gasteiger partial charge is 0.429 e. The van der Waals surface area contributed by atoms with Gasteiger partial charge in [0.15, 0.2) is 5.75 Å². The van der Waals surface area contributed by atoms with Gasteiger partial charge < -0.3 is 10.5 Å². The smallest absolute Gasteiger partial charge is 0.279 e. The molecule has 0 saturated carbocycles. The average Bonchev–Trinajstić information content (AvgIpc) is 2.51. The highest BCUT2D eigenvalue weighted by atomic mass is 35.5. The minimum atomic E-state index is 0.512. The lowest BCUT2D eigenvalue weighted by Crippen LogP contribution is -1.91. The third-order valence-corrected chi connectivity index (χ3v) is 3.36. The lowest BCUT2D eigenvalue weighted by Gasteiger charge is -2.04. The Morgan fingerprint density at radius 1 is 1.38 bits per heavy atom. The molecule has 0 aliphatic heterocycles. The second kappa shape index (κ2) is 4.31. The Hall–Kier alpha value is -1.26. The van der Waals surface area contributed by atoms with Crippen molar-refractivity contribution in [3.63, 3.8) is 0 Å². The van der Waals surface area contributed by atoms with Crippen LogP contribution in [0.1, 0.15) is 10.6 Å². The molecule has 1 aromatic heterocycles. The zero-order valence-electron chi connectivity index (χ0n) is 8.95. The van der Waals surface area contributed by atoms with Gasteiger partial charge in [0.05, 0.1) is 11.4 Å². The summed E-state index contributed by atoms with van der Waals surface area (Å²) < 4.78 is 5.59. The van der Waals surface area contributed by atoms with Crippen molar-refractivity contribution in [2.24, 2.45) is 0 Å². The van der Waals surface area contributed by atoms with Gasteiger partial charge in [-0.2, -0.15) is 0 Å². The van der Waals surface area contributed by atoms with Crippen LogP contribution in [0.2, 0.25) is 5.02 Å². The van der Waals surface area contributed by atoms with Gasteiger partial charge in [-0.3, -0.25) is 0 Å². The van der Waals surface area contributed by atoms with E-state index in [1.54, 1.807) is 18.2 Å². The molecule has 1 heterocycles. The van der Waals surface area contributed by atoms with E-state index in [9.17, 15) is 0 Å². The topological polar surface area (TPSA) is 48.1 Å². The van der Waals surface area contributed by atoms with Crippen LogP contribution in [0.5, 0.6) is 10.9 Å². The van der Waals surface area contributed by atoms with Crippen molar-refractivity contribution in [2.75, 3.05) is 5.73 Å². The zero-order valence-corrected chi connectivity index (χ0v) is 10.5. The quantitative estimate of drug-likeness (QED) is 0.830. The highest BCUT2D eigenvalue weighted by Crippen LogP contribution is 2.32. The number of nitrogen functional groups attached to an aromatic ring is 1. The lowest BCUT2D eigenvalue weighted by atomic mass is 10.3. The number of nitrogens with zero attached hydrogens (tertiary/aromatic N) is 1. The second-order valence-electron chi connectivity index (χ2n) is 3.41. The molecule has 0 aliphatic rings. The van der Waals surface area contributed by atoms with E-state index >= 15 is 0 Å². The zero-order chi connectivity index (χ0) is 11.7. The SMILES string of the molecule is Cc1nc(Oc2ccc(Cl)cc2N)sc1C. The highest BCUT2D eigenvalue weighted by molar-refractivity contribution is 7.13. The number of hydrogen-bond donors (Lipinski definition) is 1. The molecule has 16 heavy (non-hydrogen) atoms. The number of thiazole rings is 1. The van der Waals surface area contributed by atoms with Crippen molar-refractivity contribution in [3.8, 4) is 10.9 Å². The van der Waals surface area contributed by atoms with Gasteiger partial charge in [-0.25, -0.2) is 4.98 Å². The van der Waals surface area contributed by atoms with E-state index in [0.29, 0.717) is 21.7 Å². The molecule has 1 aromatic carbocycles. The summed E-state index contributed by atoms with van der Waals surface area (Å²) in [5, 5.41) is 1.19. The summed E-state index contributed by atoms with van der Waals surface area (Å²) in [6, 6.07) is 5.13. The molecular weight excluding hydrogens is 244 g/mol. The first kappa shape index (κ1) is 11.2. The molecule has 2 aromatic rings. The van der Waals surface area contributed by atoms with E-state index in [1.807, 2.05) is 13.8 Å². The number of halogens is 1. The van der Waals surface area contributed by atoms with Crippen molar-refractivity contribution in [3.05, 3.63) is 33.8 Å². The number of nitrogens with two attached hydrogens (primary N) is 1. The monoisotopic (exact) mass is 254 g/mol. The summed E-state index contributed by atoms with van der Waals surface area (Å²) in [6.45, 7) is 3.95. The third kappa shape index (κ3) is 2.28. The number of anilines is 1. The third-order valence-electron chi connectivity index (χ3n) is 2.18. The van der Waals surface area contributed by atoms with Gasteiger partial charge in [-0.15, -0.1) is 0 Å². The van der Waals surface area contributed by atoms with Gasteiger partial charge in [0.1, 0.15) is 0 Å². The van der Waals surface area contributed by atoms with Gasteiger partial charge in [0.25, 0.3) is 5.19 Å². The van der Waals surface area contributed by atoms with Crippen molar-refractivity contribution in [1.82, 2.24) is 4.98 Å². The van der Waals surface area contributed by atoms with Crippen LogP contribution in [-0.4, -0.2) is 4.98 Å². The van der Waals surface area contributed by atoms with Crippen LogP contribution < -0.4 is 10.5 Å². The van der Waals surface area contributed by atoms with Gasteiger partial charge >= 0.3 is 0 Å². The lowest BCUT2D eigenvalue weighted by molar-refractivity contribution is 0.480. The highest BCUT2D eigenvalue weighted by Gasteiger charge is 2.08. The van der Waals surface area contributed by atoms with E-state index in [-0.39, 0.29) is 0 Å². The first-order valence-corrected chi connectivity index (χ1v) is 5.92. The minimum Gasteiger partial charge on any atom is -0.429 e. The summed E-state index contributed by atoms with van der Waals surface area (Å²) in [6.07, 6.45) is 0. The second-order valence-corrected chi connectivity index (χ2v) is 5.01. The van der Waals surface area contributed by atoms with Crippen LogP contribution in [0.4, 0.5) is 5.69 Å². The molecule has 0 aliphatic carbocycles. The normalized spacial score (nSPS) is 10.4. The number of benzene rings is 1. The first-order valence-electron chi connectivity index (χ1n) is 4.73. The van der Waals surface area contributed by atoms with Crippen molar-refractivity contribution in [1.29, 1.82) is 0 Å². The first-order chi connectivity index (χ1) is 7.56. The molecular formula is C11H11ClN2OS. The molecule has 84 valence electrons. The fourth-order valence-electron chi connectivity index (χ4n) is 1.19. The van der Waals surface area contributed by atoms with Gasteiger partial charge in [-0.05, 0) is 32.0 Å². The molecule has 0 atom stereocenters. The maximum Gasteiger partial charge on any atom is 0.279 e. The van der Waals surface area contributed by atoms with Crippen LogP contribution in [-0.2, 0) is 0 Å². The fraction of sp³-hybridized carbons (Fsp3) is 0.182. The summed E-state index contributed by atoms with van der Waals surface area (Å²) in [4.78, 5) is 5.42. The summed E-state index contributed by atoms with van der Waals surface area (Å²) >= 11 is 7.30. The number of aromatic nitrogens is 1. The predicted octanol–water partition coefficient (Wildman–Crippen LogP) is 3.79. The molecule has 0 unspecified atom stereocenters. The van der Waals surface area contributed by atoms with Crippen LogP contribution >= 0.6 is 22.9 Å². The van der Waals surface area contributed by atoms with Crippen LogP contribution in [0.3, 0.4) is 0 Å². The predicted molar refractivity (Wildman–Crippen MR) is 67.5 cm³/mol. The molecule has 0 fully saturated rings. The molecule has 3 nitrogen and oxygen atoms in total. The van der Waals surface area contributed by atoms with E-state index in [2.05, 4.69) is 4.98 Å². The van der Waals surface area contributed by atoms with Gasteiger partial charge in [-0.1, -0.05) is 22.9 Å². The molecule has 0 radical (unpaired) electrons. The fourth-order valence-corrected chi connectivity index (χ4v) is 2.14. The summed E-state index contributed by atoms with van der Waals surface area (Å²) in [5.74, 6) is 0.582. The Labute approximate surface area is 103 Å². The Kier molecular flexibility index (Phi) is 3.03. The summed E-state index contributed by atoms with van der Waals surface area (Å²) in [5.41, 5.74) is 7.27. The van der Waals surface area contributed by atoms with Crippen molar-refractivity contribution < 1.29 is 4.74 Å². The number of rotatable bonds is 2. The summed E-state index contributed by atoms with van der Waals surface area (Å²) in [7, 11) is 0. The van der Waals surface area contributed by atoms with Crippen LogP contribution in [0, 0.1) is 13.8 Å². The maximum atomic E-state index is 5.80. The van der Waals surface area contributed by atoms with E-state index in [4.69, 9.17) is 22.1 Å². The Morgan fingerprint density at radius 2 is 2.12 bits per heavy atom. The Morgan fingerprint density at radius 3 is 2.69 bits per heavy atom. The minimum absolute atomic E-state index is 0.512. The standard InChI is InChI=1S/C11H11ClN2OS/c1-6-7(2)16-11(14-6)15-10-4-3-8(12)5-9(10)13/h3-5H,13H2,1-2H3. The van der Waals surface area contributed by atoms with E-state index in [1.165, 1.54) is 11.3 Å². The molecule has 0 bridgehead atoms. The maximum absolute atomic E-state index is 5.80. The molecule has 0 spiro atoms. The van der Waals surface area contributed by atoms with E-state index < -0.39 is 0 Å². The van der Waals surface area contributed by atoms with Gasteiger partial charge in [0, 0.05) is 9.90 Å². The Balaban J connectivity index is 2.27. The van der Waals surface area contributed by atoms with Crippen molar-refractivity contribution >= 4 is 28.6 Å². The molecule has 2 rings (SSSR count). The van der Waals surface area contributed by atoms with Crippen LogP contribution in [0.15, 0.2) is 18.2 Å². The molecule has 2 N–H and O–H groups in total. The average molecular weight is 255 g/mol. The number of ether oxygens (including phenoxy) is 1. The van der Waals surface area contributed by atoms with E-state index in [0.717, 1.165) is 10.6 Å². The molecule has 0 amide bonds. The number of aryl methyl sites for hydroxylation is 2. The molecule has 5 heteroatoms. The molecule has 0 saturated heterocycles. The Bertz CT molecular complexity index is 505. The van der Waals surface area contributed by atoms with Gasteiger partial charge in [0.2, 0.25) is 0 Å². The van der Waals surface area contributed by atoms with Crippen LogP contribution in [0.25, 0.3) is 0 Å².